The van der Waals surface area contributed by atoms with E-state index >= 15 is 0 Å². The van der Waals surface area contributed by atoms with Crippen molar-refractivity contribution in [2.75, 3.05) is 6.54 Å². The Balaban J connectivity index is 2.53. The van der Waals surface area contributed by atoms with Crippen LogP contribution in [0.1, 0.15) is 46.0 Å². The zero-order valence-corrected chi connectivity index (χ0v) is 10.3. The predicted octanol–water partition coefficient (Wildman–Crippen LogP) is 1.44. The predicted molar refractivity (Wildman–Crippen MR) is 65.9 cm³/mol. The molecule has 1 fully saturated rings. The first-order valence-corrected chi connectivity index (χ1v) is 6.14. The normalized spacial score (nSPS) is 26.8. The van der Waals surface area contributed by atoms with Crippen molar-refractivity contribution in [3.63, 3.8) is 0 Å². The molecule has 16 heavy (non-hydrogen) atoms. The van der Waals surface area contributed by atoms with Crippen LogP contribution in [-0.2, 0) is 4.79 Å². The quantitative estimate of drug-likeness (QED) is 0.707. The molecule has 1 saturated heterocycles. The Labute approximate surface area is 98.4 Å². The summed E-state index contributed by atoms with van der Waals surface area (Å²) in [4.78, 5) is 12.1. The van der Waals surface area contributed by atoms with Crippen LogP contribution in [0, 0.1) is 12.3 Å². The largest absolute Gasteiger partial charge is 0.341 e. The molecule has 0 aromatic carbocycles. The maximum absolute atomic E-state index is 12.1. The summed E-state index contributed by atoms with van der Waals surface area (Å²) in [5.41, 5.74) is -0.429. The number of hydrogen-bond donors (Lipinski definition) is 2. The molecule has 1 heterocycles. The first kappa shape index (κ1) is 13.1. The van der Waals surface area contributed by atoms with Gasteiger partial charge in [0.25, 0.3) is 0 Å². The summed E-state index contributed by atoms with van der Waals surface area (Å²) in [6, 6.07) is -0.127. The van der Waals surface area contributed by atoms with Gasteiger partial charge in [-0.2, -0.15) is 0 Å². The molecule has 1 amide bonds. The Morgan fingerprint density at radius 3 is 2.88 bits per heavy atom. The molecule has 3 heteroatoms. The Morgan fingerprint density at radius 2 is 2.38 bits per heavy atom. The molecule has 2 atom stereocenters. The van der Waals surface area contributed by atoms with Crippen LogP contribution in [0.5, 0.6) is 0 Å². The summed E-state index contributed by atoms with van der Waals surface area (Å²) < 4.78 is 0. The Hall–Kier alpha value is -1.01. The summed E-state index contributed by atoms with van der Waals surface area (Å²) in [6.45, 7) is 4.94. The fourth-order valence-electron chi connectivity index (χ4n) is 2.05. The van der Waals surface area contributed by atoms with E-state index in [1.54, 1.807) is 0 Å². The summed E-state index contributed by atoms with van der Waals surface area (Å²) in [6.07, 6.45) is 10.4. The van der Waals surface area contributed by atoms with Gasteiger partial charge in [0.1, 0.15) is 0 Å². The number of amides is 1. The van der Waals surface area contributed by atoms with E-state index in [-0.39, 0.29) is 11.9 Å². The average Bonchev–Trinajstić information content (AvgIpc) is 2.29. The van der Waals surface area contributed by atoms with Crippen LogP contribution in [0.15, 0.2) is 0 Å². The van der Waals surface area contributed by atoms with Crippen molar-refractivity contribution in [3.8, 4) is 12.3 Å². The second-order valence-electron chi connectivity index (χ2n) is 4.70. The van der Waals surface area contributed by atoms with E-state index < -0.39 is 5.54 Å². The number of carbonyl (C=O) groups is 1. The highest BCUT2D eigenvalue weighted by Gasteiger charge is 2.34. The van der Waals surface area contributed by atoms with Gasteiger partial charge in [-0.05, 0) is 39.2 Å². The third-order valence-electron chi connectivity index (χ3n) is 3.20. The molecule has 0 aromatic heterocycles. The van der Waals surface area contributed by atoms with Gasteiger partial charge in [0, 0.05) is 0 Å². The minimum Gasteiger partial charge on any atom is -0.341 e. The first-order valence-electron chi connectivity index (χ1n) is 6.14. The van der Waals surface area contributed by atoms with Crippen LogP contribution in [0.3, 0.4) is 0 Å². The molecule has 2 unspecified atom stereocenters. The van der Waals surface area contributed by atoms with Gasteiger partial charge in [0.05, 0.1) is 11.6 Å². The van der Waals surface area contributed by atoms with E-state index in [1.807, 2.05) is 6.92 Å². The van der Waals surface area contributed by atoms with E-state index in [2.05, 4.69) is 23.5 Å². The molecule has 0 bridgehead atoms. The molecule has 0 radical (unpaired) electrons. The van der Waals surface area contributed by atoms with E-state index in [0.29, 0.717) is 0 Å². The van der Waals surface area contributed by atoms with Crippen molar-refractivity contribution in [1.29, 1.82) is 0 Å². The second-order valence-corrected chi connectivity index (χ2v) is 4.70. The summed E-state index contributed by atoms with van der Waals surface area (Å²) in [5, 5.41) is 6.23. The standard InChI is InChI=1S/C13H22N2O/c1-4-8-11(5-2)15-12(16)13(3)9-6-7-10-14-13/h2,11,14H,4,6-10H2,1,3H3,(H,15,16). The second kappa shape index (κ2) is 5.91. The molecule has 0 aromatic rings. The Morgan fingerprint density at radius 1 is 1.62 bits per heavy atom. The van der Waals surface area contributed by atoms with E-state index in [1.165, 1.54) is 0 Å². The van der Waals surface area contributed by atoms with Gasteiger partial charge < -0.3 is 10.6 Å². The van der Waals surface area contributed by atoms with Gasteiger partial charge in [0.15, 0.2) is 0 Å². The van der Waals surface area contributed by atoms with Gasteiger partial charge in [-0.3, -0.25) is 4.79 Å². The lowest BCUT2D eigenvalue weighted by atomic mass is 9.89. The van der Waals surface area contributed by atoms with Crippen LogP contribution < -0.4 is 10.6 Å². The molecule has 1 aliphatic rings. The van der Waals surface area contributed by atoms with E-state index in [0.717, 1.165) is 38.6 Å². The number of rotatable bonds is 4. The highest BCUT2D eigenvalue weighted by molar-refractivity contribution is 5.86. The lowest BCUT2D eigenvalue weighted by Crippen LogP contribution is -2.58. The van der Waals surface area contributed by atoms with Gasteiger partial charge in [0.2, 0.25) is 5.91 Å². The van der Waals surface area contributed by atoms with Crippen molar-refractivity contribution < 1.29 is 4.79 Å². The van der Waals surface area contributed by atoms with Crippen LogP contribution in [0.2, 0.25) is 0 Å². The van der Waals surface area contributed by atoms with Crippen LogP contribution in [0.25, 0.3) is 0 Å². The minimum absolute atomic E-state index is 0.0450. The summed E-state index contributed by atoms with van der Waals surface area (Å²) in [7, 11) is 0. The Kier molecular flexibility index (Phi) is 4.82. The third-order valence-corrected chi connectivity index (χ3v) is 3.20. The minimum atomic E-state index is -0.429. The molecular formula is C13H22N2O. The molecule has 0 saturated carbocycles. The van der Waals surface area contributed by atoms with Crippen molar-refractivity contribution in [3.05, 3.63) is 0 Å². The Bertz CT molecular complexity index is 274. The SMILES string of the molecule is C#CC(CCC)NC(=O)C1(C)CCCCN1. The highest BCUT2D eigenvalue weighted by atomic mass is 16.2. The average molecular weight is 222 g/mol. The topological polar surface area (TPSA) is 41.1 Å². The van der Waals surface area contributed by atoms with E-state index in [4.69, 9.17) is 6.42 Å². The lowest BCUT2D eigenvalue weighted by molar-refractivity contribution is -0.128. The zero-order valence-electron chi connectivity index (χ0n) is 10.3. The van der Waals surface area contributed by atoms with Crippen molar-refractivity contribution >= 4 is 5.91 Å². The summed E-state index contributed by atoms with van der Waals surface area (Å²) in [5.74, 6) is 2.68. The first-order chi connectivity index (χ1) is 7.62. The van der Waals surface area contributed by atoms with Crippen molar-refractivity contribution in [2.24, 2.45) is 0 Å². The van der Waals surface area contributed by atoms with Crippen molar-refractivity contribution in [2.45, 2.75) is 57.5 Å². The van der Waals surface area contributed by atoms with Crippen LogP contribution >= 0.6 is 0 Å². The van der Waals surface area contributed by atoms with Gasteiger partial charge in [-0.25, -0.2) is 0 Å². The molecule has 1 rings (SSSR count). The summed E-state index contributed by atoms with van der Waals surface area (Å²) >= 11 is 0. The highest BCUT2D eigenvalue weighted by Crippen LogP contribution is 2.19. The molecular weight excluding hydrogens is 200 g/mol. The number of terminal acetylenes is 1. The number of nitrogens with one attached hydrogen (secondary N) is 2. The van der Waals surface area contributed by atoms with Gasteiger partial charge in [-0.1, -0.05) is 19.3 Å². The fraction of sp³-hybridized carbons (Fsp3) is 0.769. The molecule has 90 valence electrons. The molecule has 1 aliphatic heterocycles. The molecule has 0 spiro atoms. The van der Waals surface area contributed by atoms with Gasteiger partial charge in [-0.15, -0.1) is 6.42 Å². The zero-order chi connectivity index (χ0) is 12.0. The fourth-order valence-corrected chi connectivity index (χ4v) is 2.05. The number of hydrogen-bond acceptors (Lipinski definition) is 2. The maximum Gasteiger partial charge on any atom is 0.240 e. The van der Waals surface area contributed by atoms with Crippen LogP contribution in [0.4, 0.5) is 0 Å². The van der Waals surface area contributed by atoms with Crippen molar-refractivity contribution in [1.82, 2.24) is 10.6 Å². The molecule has 2 N–H and O–H groups in total. The number of carbonyl (C=O) groups excluding carboxylic acids is 1. The van der Waals surface area contributed by atoms with Crippen LogP contribution in [-0.4, -0.2) is 24.0 Å². The smallest absolute Gasteiger partial charge is 0.240 e. The lowest BCUT2D eigenvalue weighted by Gasteiger charge is -2.34. The van der Waals surface area contributed by atoms with Gasteiger partial charge >= 0.3 is 0 Å². The van der Waals surface area contributed by atoms with E-state index in [9.17, 15) is 4.79 Å². The number of piperidine rings is 1. The maximum atomic E-state index is 12.1. The third kappa shape index (κ3) is 3.24. The monoisotopic (exact) mass is 222 g/mol. The molecule has 3 nitrogen and oxygen atoms in total. The molecule has 0 aliphatic carbocycles.